The zero-order valence-corrected chi connectivity index (χ0v) is 13.9. The molecule has 2 rings (SSSR count). The number of halogens is 1. The molecule has 0 aliphatic carbocycles. The maximum absolute atomic E-state index is 10.4. The van der Waals surface area contributed by atoms with E-state index in [1.807, 2.05) is 18.2 Å². The molecule has 0 radical (unpaired) electrons. The highest BCUT2D eigenvalue weighted by Gasteiger charge is 2.13. The summed E-state index contributed by atoms with van der Waals surface area (Å²) in [6, 6.07) is 5.78. The predicted octanol–water partition coefficient (Wildman–Crippen LogP) is 4.47. The molecule has 0 spiro atoms. The molecule has 2 aromatic rings. The average molecular weight is 341 g/mol. The maximum atomic E-state index is 10.4. The third kappa shape index (κ3) is 4.48. The summed E-state index contributed by atoms with van der Waals surface area (Å²) in [6.45, 7) is 4.20. The molecule has 0 saturated heterocycles. The molecule has 1 aromatic carbocycles. The number of nitrogens with zero attached hydrogens (tertiary/aromatic N) is 2. The summed E-state index contributed by atoms with van der Waals surface area (Å²) >= 11 is 7.62. The highest BCUT2D eigenvalue weighted by Crippen LogP contribution is 2.31. The van der Waals surface area contributed by atoms with Gasteiger partial charge in [0, 0.05) is 12.2 Å². The van der Waals surface area contributed by atoms with Crippen LogP contribution >= 0.6 is 23.4 Å². The van der Waals surface area contributed by atoms with Crippen LogP contribution in [0.15, 0.2) is 27.8 Å². The molecule has 5 nitrogen and oxygen atoms in total. The van der Waals surface area contributed by atoms with Crippen LogP contribution in [0.4, 0.5) is 0 Å². The van der Waals surface area contributed by atoms with Gasteiger partial charge in [-0.05, 0) is 30.0 Å². The van der Waals surface area contributed by atoms with E-state index in [1.54, 1.807) is 0 Å². The summed E-state index contributed by atoms with van der Waals surface area (Å²) in [7, 11) is 0. The molecule has 0 fully saturated rings. The molecule has 0 atom stereocenters. The van der Waals surface area contributed by atoms with Crippen LogP contribution in [0.2, 0.25) is 5.02 Å². The van der Waals surface area contributed by atoms with Crippen molar-refractivity contribution in [2.75, 3.05) is 5.75 Å². The quantitative estimate of drug-likeness (QED) is 0.592. The van der Waals surface area contributed by atoms with Crippen molar-refractivity contribution >= 4 is 29.3 Å². The molecule has 118 valence electrons. The molecule has 0 amide bonds. The molecule has 0 aliphatic rings. The molecule has 7 heteroatoms. The molecule has 0 aliphatic heterocycles. The Hall–Kier alpha value is -1.53. The molecule has 1 aromatic heterocycles. The van der Waals surface area contributed by atoms with Gasteiger partial charge in [-0.15, -0.1) is 10.2 Å². The summed E-state index contributed by atoms with van der Waals surface area (Å²) in [4.78, 5) is 10.4. The number of hydrogen-bond acceptors (Lipinski definition) is 5. The van der Waals surface area contributed by atoms with Crippen LogP contribution in [0.1, 0.15) is 38.2 Å². The second-order valence-electron chi connectivity index (χ2n) is 5.11. The lowest BCUT2D eigenvalue weighted by molar-refractivity contribution is -0.137. The number of carboxylic acids is 1. The van der Waals surface area contributed by atoms with Crippen molar-refractivity contribution in [2.45, 2.75) is 37.8 Å². The van der Waals surface area contributed by atoms with Gasteiger partial charge in [0.2, 0.25) is 5.89 Å². The maximum Gasteiger partial charge on any atom is 0.303 e. The van der Waals surface area contributed by atoms with Crippen molar-refractivity contribution in [3.8, 4) is 11.5 Å². The smallest absolute Gasteiger partial charge is 0.303 e. The van der Waals surface area contributed by atoms with Gasteiger partial charge in [0.25, 0.3) is 5.22 Å². The first-order chi connectivity index (χ1) is 10.5. The van der Waals surface area contributed by atoms with Crippen LogP contribution in [0.3, 0.4) is 0 Å². The number of aromatic nitrogens is 2. The monoisotopic (exact) mass is 340 g/mol. The van der Waals surface area contributed by atoms with Crippen molar-refractivity contribution < 1.29 is 14.3 Å². The van der Waals surface area contributed by atoms with E-state index >= 15 is 0 Å². The predicted molar refractivity (Wildman–Crippen MR) is 86.4 cm³/mol. The lowest BCUT2D eigenvalue weighted by Crippen LogP contribution is -1.94. The highest BCUT2D eigenvalue weighted by molar-refractivity contribution is 7.99. The van der Waals surface area contributed by atoms with Gasteiger partial charge in [-0.1, -0.05) is 43.3 Å². The van der Waals surface area contributed by atoms with Crippen molar-refractivity contribution in [3.05, 3.63) is 28.8 Å². The van der Waals surface area contributed by atoms with Crippen LogP contribution in [0, 0.1) is 0 Å². The van der Waals surface area contributed by atoms with E-state index in [9.17, 15) is 4.79 Å². The number of carbonyl (C=O) groups is 1. The van der Waals surface area contributed by atoms with Gasteiger partial charge >= 0.3 is 5.97 Å². The van der Waals surface area contributed by atoms with E-state index in [0.717, 1.165) is 5.56 Å². The summed E-state index contributed by atoms with van der Waals surface area (Å²) in [5.41, 5.74) is 1.85. The Morgan fingerprint density at radius 1 is 1.41 bits per heavy atom. The summed E-state index contributed by atoms with van der Waals surface area (Å²) in [5, 5.41) is 17.5. The van der Waals surface area contributed by atoms with Crippen molar-refractivity contribution in [1.82, 2.24) is 10.2 Å². The molecule has 22 heavy (non-hydrogen) atoms. The fourth-order valence-corrected chi connectivity index (χ4v) is 2.79. The minimum Gasteiger partial charge on any atom is -0.481 e. The van der Waals surface area contributed by atoms with E-state index in [4.69, 9.17) is 21.1 Å². The third-order valence-corrected chi connectivity index (χ3v) is 4.27. The van der Waals surface area contributed by atoms with Gasteiger partial charge < -0.3 is 9.52 Å². The van der Waals surface area contributed by atoms with E-state index in [2.05, 4.69) is 24.0 Å². The second kappa shape index (κ2) is 7.65. The van der Waals surface area contributed by atoms with Gasteiger partial charge in [0.1, 0.15) is 0 Å². The largest absolute Gasteiger partial charge is 0.481 e. The third-order valence-electron chi connectivity index (χ3n) is 3.06. The topological polar surface area (TPSA) is 76.2 Å². The molecule has 0 bridgehead atoms. The number of aliphatic carboxylic acids is 1. The zero-order valence-electron chi connectivity index (χ0n) is 12.4. The van der Waals surface area contributed by atoms with Crippen LogP contribution in [-0.2, 0) is 4.79 Å². The Bertz CT molecular complexity index is 658. The fourth-order valence-electron chi connectivity index (χ4n) is 1.82. The minimum absolute atomic E-state index is 0.135. The first-order valence-corrected chi connectivity index (χ1v) is 8.31. The average Bonchev–Trinajstić information content (AvgIpc) is 2.91. The number of carboxylic acid groups (broad SMARTS) is 1. The van der Waals surface area contributed by atoms with Crippen molar-refractivity contribution in [2.24, 2.45) is 0 Å². The molecule has 0 saturated carbocycles. The molecular formula is C15H17ClN2O3S. The van der Waals surface area contributed by atoms with Crippen LogP contribution in [0.25, 0.3) is 11.5 Å². The molecule has 0 unspecified atom stereocenters. The molecular weight excluding hydrogens is 324 g/mol. The Labute approximate surface area is 138 Å². The fraction of sp³-hybridized carbons (Fsp3) is 0.400. The van der Waals surface area contributed by atoms with E-state index in [-0.39, 0.29) is 6.42 Å². The standard InChI is InChI=1S/C15H17ClN2O3S/c1-9(2)10-5-6-11(12(16)8-10)14-17-18-15(21-14)22-7-3-4-13(19)20/h5-6,8-9H,3-4,7H2,1-2H3,(H,19,20). The van der Waals surface area contributed by atoms with E-state index in [0.29, 0.717) is 39.8 Å². The zero-order chi connectivity index (χ0) is 16.1. The number of rotatable bonds is 7. The SMILES string of the molecule is CC(C)c1ccc(-c2nnc(SCCCC(=O)O)o2)c(Cl)c1. The van der Waals surface area contributed by atoms with Crippen molar-refractivity contribution in [1.29, 1.82) is 0 Å². The van der Waals surface area contributed by atoms with Crippen molar-refractivity contribution in [3.63, 3.8) is 0 Å². The van der Waals surface area contributed by atoms with Crippen LogP contribution in [0.5, 0.6) is 0 Å². The Balaban J connectivity index is 2.03. The first kappa shape index (κ1) is 16.8. The van der Waals surface area contributed by atoms with E-state index in [1.165, 1.54) is 11.8 Å². The van der Waals surface area contributed by atoms with E-state index < -0.39 is 5.97 Å². The Morgan fingerprint density at radius 3 is 2.82 bits per heavy atom. The van der Waals surface area contributed by atoms with Gasteiger partial charge in [-0.2, -0.15) is 0 Å². The highest BCUT2D eigenvalue weighted by atomic mass is 35.5. The van der Waals surface area contributed by atoms with Crippen LogP contribution < -0.4 is 0 Å². The van der Waals surface area contributed by atoms with Gasteiger partial charge in [0.05, 0.1) is 10.6 Å². The summed E-state index contributed by atoms with van der Waals surface area (Å²) in [5.74, 6) is 0.591. The normalized spacial score (nSPS) is 11.1. The minimum atomic E-state index is -0.802. The molecule has 1 heterocycles. The second-order valence-corrected chi connectivity index (χ2v) is 6.57. The van der Waals surface area contributed by atoms with Crippen LogP contribution in [-0.4, -0.2) is 27.0 Å². The molecule has 1 N–H and O–H groups in total. The van der Waals surface area contributed by atoms with Gasteiger partial charge in [-0.3, -0.25) is 4.79 Å². The first-order valence-electron chi connectivity index (χ1n) is 6.95. The number of thioether (sulfide) groups is 1. The van der Waals surface area contributed by atoms with Gasteiger partial charge in [0.15, 0.2) is 0 Å². The Kier molecular flexibility index (Phi) is 5.85. The summed E-state index contributed by atoms with van der Waals surface area (Å²) < 4.78 is 5.57. The van der Waals surface area contributed by atoms with Gasteiger partial charge in [-0.25, -0.2) is 0 Å². The number of benzene rings is 1. The number of hydrogen-bond donors (Lipinski definition) is 1. The Morgan fingerprint density at radius 2 is 2.18 bits per heavy atom. The summed E-state index contributed by atoms with van der Waals surface area (Å²) in [6.07, 6.45) is 0.693. The lowest BCUT2D eigenvalue weighted by Gasteiger charge is -2.07. The lowest BCUT2D eigenvalue weighted by atomic mass is 10.0.